The Labute approximate surface area is 118 Å². The van der Waals surface area contributed by atoms with Crippen molar-refractivity contribution >= 4 is 16.9 Å². The second-order valence-corrected chi connectivity index (χ2v) is 5.10. The number of rotatable bonds is 7. The Morgan fingerprint density at radius 3 is 2.55 bits per heavy atom. The van der Waals surface area contributed by atoms with Crippen molar-refractivity contribution in [2.24, 2.45) is 5.73 Å². The lowest BCUT2D eigenvalue weighted by atomic mass is 10.0. The number of nitrogens with two attached hydrogens (primary N) is 2. The Bertz CT molecular complexity index is 628. The molecule has 0 unspecified atom stereocenters. The molecule has 0 aliphatic carbocycles. The second kappa shape index (κ2) is 6.56. The first-order valence-corrected chi connectivity index (χ1v) is 7.26. The molecule has 0 aliphatic rings. The van der Waals surface area contributed by atoms with Gasteiger partial charge in [-0.3, -0.25) is 0 Å². The van der Waals surface area contributed by atoms with Crippen molar-refractivity contribution in [1.82, 2.24) is 15.0 Å². The third-order valence-corrected chi connectivity index (χ3v) is 3.54. The molecule has 0 amide bonds. The molecule has 0 atom stereocenters. The van der Waals surface area contributed by atoms with Crippen LogP contribution in [-0.4, -0.2) is 21.5 Å². The largest absolute Gasteiger partial charge is 0.382 e. The number of aromatic amines is 2. The molecule has 2 heterocycles. The van der Waals surface area contributed by atoms with Gasteiger partial charge in [0.2, 0.25) is 0 Å². The molecule has 0 fully saturated rings. The van der Waals surface area contributed by atoms with E-state index < -0.39 is 0 Å². The summed E-state index contributed by atoms with van der Waals surface area (Å²) in [6, 6.07) is 0. The number of aromatic nitrogens is 3. The highest BCUT2D eigenvalue weighted by molar-refractivity contribution is 5.87. The van der Waals surface area contributed by atoms with Crippen LogP contribution in [0.5, 0.6) is 0 Å². The highest BCUT2D eigenvalue weighted by Gasteiger charge is 2.14. The molecule has 6 N–H and O–H groups in total. The SMILES string of the molecule is CCCCCc1nc(N)c2[nH]c(=O)[nH]c2c1CCCN. The maximum atomic E-state index is 11.5. The summed E-state index contributed by atoms with van der Waals surface area (Å²) in [5.41, 5.74) is 14.8. The summed E-state index contributed by atoms with van der Waals surface area (Å²) in [5.74, 6) is 0.390. The predicted molar refractivity (Wildman–Crippen MR) is 81.7 cm³/mol. The van der Waals surface area contributed by atoms with Gasteiger partial charge in [0, 0.05) is 5.69 Å². The highest BCUT2D eigenvalue weighted by atomic mass is 16.1. The summed E-state index contributed by atoms with van der Waals surface area (Å²) in [4.78, 5) is 21.5. The molecular formula is C14H23N5O. The number of imidazole rings is 1. The number of hydrogen-bond acceptors (Lipinski definition) is 4. The van der Waals surface area contributed by atoms with E-state index in [1.807, 2.05) is 0 Å². The van der Waals surface area contributed by atoms with Crippen LogP contribution in [-0.2, 0) is 12.8 Å². The Hall–Kier alpha value is -1.82. The van der Waals surface area contributed by atoms with Crippen molar-refractivity contribution in [3.05, 3.63) is 21.7 Å². The van der Waals surface area contributed by atoms with Crippen LogP contribution in [0.1, 0.15) is 43.9 Å². The van der Waals surface area contributed by atoms with Crippen LogP contribution >= 0.6 is 0 Å². The molecule has 0 spiro atoms. The third-order valence-electron chi connectivity index (χ3n) is 3.54. The Kier molecular flexibility index (Phi) is 4.79. The molecule has 0 aliphatic heterocycles. The fraction of sp³-hybridized carbons (Fsp3) is 0.571. The van der Waals surface area contributed by atoms with Crippen LogP contribution in [0.25, 0.3) is 11.0 Å². The molecule has 6 heteroatoms. The predicted octanol–water partition coefficient (Wildman–Crippen LogP) is 1.46. The molecule has 2 aromatic rings. The molecule has 0 saturated carbocycles. The zero-order valence-corrected chi connectivity index (χ0v) is 12.0. The highest BCUT2D eigenvalue weighted by Crippen LogP contribution is 2.24. The van der Waals surface area contributed by atoms with E-state index in [1.54, 1.807) is 0 Å². The summed E-state index contributed by atoms with van der Waals surface area (Å²) in [6.45, 7) is 2.79. The van der Waals surface area contributed by atoms with Crippen molar-refractivity contribution in [3.63, 3.8) is 0 Å². The average molecular weight is 277 g/mol. The quantitative estimate of drug-likeness (QED) is 0.574. The standard InChI is InChI=1S/C14H23N5O/c1-2-3-4-7-10-9(6-5-8-15)11-12(13(16)17-10)19-14(20)18-11/h2-8,15H2,1H3,(H2,16,17)(H2,18,19,20). The maximum Gasteiger partial charge on any atom is 0.323 e. The van der Waals surface area contributed by atoms with E-state index in [-0.39, 0.29) is 5.69 Å². The van der Waals surface area contributed by atoms with Gasteiger partial charge in [-0.1, -0.05) is 19.8 Å². The third kappa shape index (κ3) is 3.01. The number of hydrogen-bond donors (Lipinski definition) is 4. The summed E-state index contributed by atoms with van der Waals surface area (Å²) in [5, 5.41) is 0. The molecule has 0 bridgehead atoms. The molecule has 6 nitrogen and oxygen atoms in total. The van der Waals surface area contributed by atoms with E-state index in [9.17, 15) is 4.79 Å². The van der Waals surface area contributed by atoms with Crippen molar-refractivity contribution in [1.29, 1.82) is 0 Å². The van der Waals surface area contributed by atoms with Crippen molar-refractivity contribution in [2.45, 2.75) is 45.4 Å². The lowest BCUT2D eigenvalue weighted by molar-refractivity contribution is 0.699. The van der Waals surface area contributed by atoms with Gasteiger partial charge in [-0.15, -0.1) is 0 Å². The molecular weight excluding hydrogens is 254 g/mol. The maximum absolute atomic E-state index is 11.5. The first-order valence-electron chi connectivity index (χ1n) is 7.26. The molecule has 110 valence electrons. The van der Waals surface area contributed by atoms with Gasteiger partial charge in [0.25, 0.3) is 0 Å². The Morgan fingerprint density at radius 2 is 1.85 bits per heavy atom. The zero-order valence-electron chi connectivity index (χ0n) is 12.0. The van der Waals surface area contributed by atoms with Gasteiger partial charge in [0.05, 0.1) is 5.52 Å². The second-order valence-electron chi connectivity index (χ2n) is 5.10. The van der Waals surface area contributed by atoms with Crippen molar-refractivity contribution < 1.29 is 0 Å². The summed E-state index contributed by atoms with van der Waals surface area (Å²) in [6.07, 6.45) is 5.99. The van der Waals surface area contributed by atoms with Gasteiger partial charge >= 0.3 is 5.69 Å². The van der Waals surface area contributed by atoms with Gasteiger partial charge < -0.3 is 21.4 Å². The van der Waals surface area contributed by atoms with E-state index in [2.05, 4.69) is 21.9 Å². The van der Waals surface area contributed by atoms with Crippen LogP contribution in [0.3, 0.4) is 0 Å². The minimum atomic E-state index is -0.242. The normalized spacial score (nSPS) is 11.3. The monoisotopic (exact) mass is 277 g/mol. The summed E-state index contributed by atoms with van der Waals surface area (Å²) >= 11 is 0. The number of nitrogens with zero attached hydrogens (tertiary/aromatic N) is 1. The van der Waals surface area contributed by atoms with Crippen LogP contribution in [0.4, 0.5) is 5.82 Å². The molecule has 0 saturated heterocycles. The molecule has 2 rings (SSSR count). The number of nitrogens with one attached hydrogen (secondary N) is 2. The average Bonchev–Trinajstić information content (AvgIpc) is 2.81. The smallest absolute Gasteiger partial charge is 0.323 e. The van der Waals surface area contributed by atoms with Gasteiger partial charge in [0.1, 0.15) is 11.3 Å². The van der Waals surface area contributed by atoms with Gasteiger partial charge in [-0.25, -0.2) is 9.78 Å². The summed E-state index contributed by atoms with van der Waals surface area (Å²) in [7, 11) is 0. The van der Waals surface area contributed by atoms with Crippen molar-refractivity contribution in [3.8, 4) is 0 Å². The molecule has 0 aromatic carbocycles. The minimum Gasteiger partial charge on any atom is -0.382 e. The van der Waals surface area contributed by atoms with Gasteiger partial charge in [-0.05, 0) is 37.8 Å². The number of H-pyrrole nitrogens is 2. The first-order chi connectivity index (χ1) is 9.67. The number of nitrogen functional groups attached to an aromatic ring is 1. The first kappa shape index (κ1) is 14.6. The number of fused-ring (bicyclic) bond motifs is 1. The Balaban J connectivity index is 2.44. The van der Waals surface area contributed by atoms with Crippen LogP contribution < -0.4 is 17.2 Å². The number of unbranched alkanes of at least 4 members (excludes halogenated alkanes) is 2. The fourth-order valence-corrected chi connectivity index (χ4v) is 2.51. The van der Waals surface area contributed by atoms with Gasteiger partial charge in [-0.2, -0.15) is 0 Å². The van der Waals surface area contributed by atoms with Crippen LogP contribution in [0.15, 0.2) is 4.79 Å². The van der Waals surface area contributed by atoms with E-state index in [4.69, 9.17) is 11.5 Å². The minimum absolute atomic E-state index is 0.242. The summed E-state index contributed by atoms with van der Waals surface area (Å²) < 4.78 is 0. The number of aryl methyl sites for hydroxylation is 2. The van der Waals surface area contributed by atoms with E-state index in [0.717, 1.165) is 48.9 Å². The Morgan fingerprint density at radius 1 is 1.10 bits per heavy atom. The van der Waals surface area contributed by atoms with E-state index >= 15 is 0 Å². The molecule has 0 radical (unpaired) electrons. The number of anilines is 1. The lowest BCUT2D eigenvalue weighted by Gasteiger charge is -2.11. The molecule has 20 heavy (non-hydrogen) atoms. The van der Waals surface area contributed by atoms with Crippen molar-refractivity contribution in [2.75, 3.05) is 12.3 Å². The van der Waals surface area contributed by atoms with E-state index in [0.29, 0.717) is 17.9 Å². The van der Waals surface area contributed by atoms with E-state index in [1.165, 1.54) is 6.42 Å². The van der Waals surface area contributed by atoms with Crippen LogP contribution in [0, 0.1) is 0 Å². The molecule has 2 aromatic heterocycles. The number of pyridine rings is 1. The topological polar surface area (TPSA) is 114 Å². The zero-order chi connectivity index (χ0) is 14.5. The van der Waals surface area contributed by atoms with Crippen LogP contribution in [0.2, 0.25) is 0 Å². The lowest BCUT2D eigenvalue weighted by Crippen LogP contribution is -2.07. The fourth-order valence-electron chi connectivity index (χ4n) is 2.51. The van der Waals surface area contributed by atoms with Gasteiger partial charge in [0.15, 0.2) is 0 Å².